The predicted octanol–water partition coefficient (Wildman–Crippen LogP) is -0.948. The van der Waals surface area contributed by atoms with Gasteiger partial charge in [-0.15, -0.1) is 0 Å². The lowest BCUT2D eigenvalue weighted by Gasteiger charge is -2.16. The third kappa shape index (κ3) is 4.94. The third-order valence-electron chi connectivity index (χ3n) is 1.81. The van der Waals surface area contributed by atoms with E-state index in [1.807, 2.05) is 0 Å². The van der Waals surface area contributed by atoms with E-state index in [1.165, 1.54) is 0 Å². The number of nitrogens with one attached hydrogen (secondary N) is 2. The van der Waals surface area contributed by atoms with Crippen molar-refractivity contribution in [1.29, 1.82) is 0 Å². The number of hydrogen-bond donors (Lipinski definition) is 3. The van der Waals surface area contributed by atoms with Gasteiger partial charge in [0.1, 0.15) is 0 Å². The van der Waals surface area contributed by atoms with Gasteiger partial charge in [-0.3, -0.25) is 9.59 Å². The predicted molar refractivity (Wildman–Crippen MR) is 52.9 cm³/mol. The fraction of sp³-hybridized carbons (Fsp3) is 0.778. The maximum absolute atomic E-state index is 11.4. The van der Waals surface area contributed by atoms with Crippen molar-refractivity contribution in [3.05, 3.63) is 0 Å². The summed E-state index contributed by atoms with van der Waals surface area (Å²) in [7, 11) is 1.71. The normalized spacial score (nSPS) is 12.2. The molecule has 0 bridgehead atoms. The molecule has 0 aliphatic carbocycles. The first-order chi connectivity index (χ1) is 6.65. The molecule has 0 aliphatic heterocycles. The molecule has 14 heavy (non-hydrogen) atoms. The van der Waals surface area contributed by atoms with Crippen molar-refractivity contribution in [2.24, 2.45) is 0 Å². The van der Waals surface area contributed by atoms with Crippen molar-refractivity contribution in [2.45, 2.75) is 25.8 Å². The lowest BCUT2D eigenvalue weighted by Crippen LogP contribution is -2.46. The standard InChI is InChI=1S/C9H18N2O3/c1-3-9(14)11-7(6-10-2)8(13)4-5-12/h7,10,12H,3-6H2,1-2H3,(H,11,14). The van der Waals surface area contributed by atoms with Gasteiger partial charge in [0.15, 0.2) is 5.78 Å². The summed E-state index contributed by atoms with van der Waals surface area (Å²) in [4.78, 5) is 22.4. The van der Waals surface area contributed by atoms with Crippen LogP contribution in [0.1, 0.15) is 19.8 Å². The molecule has 0 heterocycles. The highest BCUT2D eigenvalue weighted by molar-refractivity contribution is 5.89. The molecule has 5 heteroatoms. The van der Waals surface area contributed by atoms with E-state index in [-0.39, 0.29) is 24.7 Å². The van der Waals surface area contributed by atoms with Gasteiger partial charge in [-0.25, -0.2) is 0 Å². The summed E-state index contributed by atoms with van der Waals surface area (Å²) >= 11 is 0. The zero-order valence-corrected chi connectivity index (χ0v) is 8.67. The number of aliphatic hydroxyl groups is 1. The number of rotatable bonds is 7. The SMILES string of the molecule is CCC(=O)NC(CNC)C(=O)CCO. The molecule has 0 aliphatic rings. The minimum absolute atomic E-state index is 0.0797. The number of aliphatic hydroxyl groups excluding tert-OH is 1. The van der Waals surface area contributed by atoms with Crippen molar-refractivity contribution in [1.82, 2.24) is 10.6 Å². The average Bonchev–Trinajstić information content (AvgIpc) is 2.17. The molecule has 0 spiro atoms. The van der Waals surface area contributed by atoms with Crippen molar-refractivity contribution < 1.29 is 14.7 Å². The number of carbonyl (C=O) groups is 2. The molecule has 1 atom stereocenters. The average molecular weight is 202 g/mol. The summed E-state index contributed by atoms with van der Waals surface area (Å²) < 4.78 is 0. The van der Waals surface area contributed by atoms with Gasteiger partial charge in [-0.1, -0.05) is 6.92 Å². The quantitative estimate of drug-likeness (QED) is 0.497. The molecular weight excluding hydrogens is 184 g/mol. The van der Waals surface area contributed by atoms with Crippen LogP contribution in [-0.2, 0) is 9.59 Å². The first-order valence-corrected chi connectivity index (χ1v) is 4.73. The Morgan fingerprint density at radius 3 is 2.50 bits per heavy atom. The van der Waals surface area contributed by atoms with Gasteiger partial charge in [0.05, 0.1) is 12.6 Å². The molecule has 0 fully saturated rings. The number of amides is 1. The number of hydrogen-bond acceptors (Lipinski definition) is 4. The number of carbonyl (C=O) groups excluding carboxylic acids is 2. The molecule has 0 aromatic rings. The molecular formula is C9H18N2O3. The summed E-state index contributed by atoms with van der Waals surface area (Å²) in [5.74, 6) is -0.305. The highest BCUT2D eigenvalue weighted by atomic mass is 16.3. The van der Waals surface area contributed by atoms with Crippen LogP contribution in [0.3, 0.4) is 0 Å². The van der Waals surface area contributed by atoms with Crippen LogP contribution in [0.15, 0.2) is 0 Å². The van der Waals surface area contributed by atoms with Crippen LogP contribution in [0, 0.1) is 0 Å². The van der Waals surface area contributed by atoms with Crippen molar-refractivity contribution in [2.75, 3.05) is 20.2 Å². The Kier molecular flexibility index (Phi) is 6.96. The fourth-order valence-electron chi connectivity index (χ4n) is 1.03. The van der Waals surface area contributed by atoms with Crippen LogP contribution in [-0.4, -0.2) is 43.0 Å². The van der Waals surface area contributed by atoms with Gasteiger partial charge >= 0.3 is 0 Å². The third-order valence-corrected chi connectivity index (χ3v) is 1.81. The van der Waals surface area contributed by atoms with Crippen LogP contribution in [0.2, 0.25) is 0 Å². The van der Waals surface area contributed by atoms with E-state index < -0.39 is 6.04 Å². The molecule has 0 saturated heterocycles. The van der Waals surface area contributed by atoms with E-state index in [9.17, 15) is 9.59 Å². The van der Waals surface area contributed by atoms with Crippen LogP contribution in [0.5, 0.6) is 0 Å². The molecule has 0 aromatic carbocycles. The second-order valence-electron chi connectivity index (χ2n) is 2.97. The first-order valence-electron chi connectivity index (χ1n) is 4.73. The summed E-state index contributed by atoms with van der Waals surface area (Å²) in [6.45, 7) is 1.94. The van der Waals surface area contributed by atoms with Gasteiger partial charge in [0.25, 0.3) is 0 Å². The molecule has 1 amide bonds. The van der Waals surface area contributed by atoms with E-state index in [0.29, 0.717) is 13.0 Å². The van der Waals surface area contributed by atoms with E-state index in [1.54, 1.807) is 14.0 Å². The second-order valence-corrected chi connectivity index (χ2v) is 2.97. The van der Waals surface area contributed by atoms with Gasteiger partial charge < -0.3 is 15.7 Å². The largest absolute Gasteiger partial charge is 0.396 e. The molecule has 0 saturated carbocycles. The monoisotopic (exact) mass is 202 g/mol. The zero-order valence-electron chi connectivity index (χ0n) is 8.67. The highest BCUT2D eigenvalue weighted by Gasteiger charge is 2.18. The van der Waals surface area contributed by atoms with E-state index in [2.05, 4.69) is 10.6 Å². The summed E-state index contributed by atoms with van der Waals surface area (Å²) in [5.41, 5.74) is 0. The molecule has 0 radical (unpaired) electrons. The number of ketones is 1. The summed E-state index contributed by atoms with van der Waals surface area (Å²) in [6.07, 6.45) is 0.433. The molecule has 0 aromatic heterocycles. The Hall–Kier alpha value is -0.940. The number of Topliss-reactive ketones (excluding diaryl/α,β-unsaturated/α-hetero) is 1. The molecule has 0 rings (SSSR count). The Balaban J connectivity index is 4.13. The van der Waals surface area contributed by atoms with Gasteiger partial charge in [0, 0.05) is 19.4 Å². The van der Waals surface area contributed by atoms with Crippen LogP contribution < -0.4 is 10.6 Å². The lowest BCUT2D eigenvalue weighted by atomic mass is 10.1. The molecule has 82 valence electrons. The van der Waals surface area contributed by atoms with E-state index in [0.717, 1.165) is 0 Å². The van der Waals surface area contributed by atoms with Crippen molar-refractivity contribution >= 4 is 11.7 Å². The van der Waals surface area contributed by atoms with Crippen LogP contribution in [0.25, 0.3) is 0 Å². The van der Waals surface area contributed by atoms with Crippen LogP contribution in [0.4, 0.5) is 0 Å². The van der Waals surface area contributed by atoms with E-state index in [4.69, 9.17) is 5.11 Å². The van der Waals surface area contributed by atoms with E-state index >= 15 is 0 Å². The lowest BCUT2D eigenvalue weighted by molar-refractivity contribution is -0.127. The topological polar surface area (TPSA) is 78.4 Å². The van der Waals surface area contributed by atoms with Crippen molar-refractivity contribution in [3.63, 3.8) is 0 Å². The maximum atomic E-state index is 11.4. The van der Waals surface area contributed by atoms with Gasteiger partial charge in [0.2, 0.25) is 5.91 Å². The Labute approximate surface area is 83.9 Å². The smallest absolute Gasteiger partial charge is 0.220 e. The highest BCUT2D eigenvalue weighted by Crippen LogP contribution is 1.92. The molecule has 5 nitrogen and oxygen atoms in total. The Morgan fingerprint density at radius 2 is 2.07 bits per heavy atom. The fourth-order valence-corrected chi connectivity index (χ4v) is 1.03. The summed E-state index contributed by atoms with van der Waals surface area (Å²) in [6, 6.07) is -0.528. The second kappa shape index (κ2) is 7.46. The van der Waals surface area contributed by atoms with Gasteiger partial charge in [-0.2, -0.15) is 0 Å². The van der Waals surface area contributed by atoms with Crippen molar-refractivity contribution in [3.8, 4) is 0 Å². The first kappa shape index (κ1) is 13.1. The summed E-state index contributed by atoms with van der Waals surface area (Å²) in [5, 5.41) is 14.0. The number of likely N-dealkylation sites (N-methyl/N-ethyl adjacent to an activating group) is 1. The Bertz CT molecular complexity index is 194. The minimum atomic E-state index is -0.528. The van der Waals surface area contributed by atoms with Crippen LogP contribution >= 0.6 is 0 Å². The minimum Gasteiger partial charge on any atom is -0.396 e. The molecule has 3 N–H and O–H groups in total. The van der Waals surface area contributed by atoms with Gasteiger partial charge in [-0.05, 0) is 7.05 Å². The Morgan fingerprint density at radius 1 is 1.43 bits per heavy atom. The zero-order chi connectivity index (χ0) is 11.0. The maximum Gasteiger partial charge on any atom is 0.220 e. The molecule has 1 unspecified atom stereocenters.